The Bertz CT molecular complexity index is 743. The lowest BCUT2D eigenvalue weighted by molar-refractivity contribution is -0.137. The average Bonchev–Trinajstić information content (AvgIpc) is 3.16. The average molecular weight is 495 g/mol. The summed E-state index contributed by atoms with van der Waals surface area (Å²) >= 11 is 0. The lowest BCUT2D eigenvalue weighted by atomic mass is 10.1. The molecule has 1 aromatic carbocycles. The molecular formula is C17H21F3IN5O. The summed E-state index contributed by atoms with van der Waals surface area (Å²) in [6.45, 7) is 3.05. The maximum absolute atomic E-state index is 12.9. The molecule has 1 saturated heterocycles. The summed E-state index contributed by atoms with van der Waals surface area (Å²) in [4.78, 5) is 8.29. The van der Waals surface area contributed by atoms with Crippen molar-refractivity contribution in [1.82, 2.24) is 15.4 Å². The third-order valence-electron chi connectivity index (χ3n) is 4.25. The van der Waals surface area contributed by atoms with E-state index in [1.165, 1.54) is 18.4 Å². The van der Waals surface area contributed by atoms with Crippen LogP contribution in [0.4, 0.5) is 18.9 Å². The van der Waals surface area contributed by atoms with Gasteiger partial charge in [-0.15, -0.1) is 24.0 Å². The van der Waals surface area contributed by atoms with Crippen LogP contribution in [0.2, 0.25) is 0 Å². The fourth-order valence-corrected chi connectivity index (χ4v) is 2.89. The number of guanidine groups is 1. The smallest absolute Gasteiger partial charge is 0.368 e. The van der Waals surface area contributed by atoms with E-state index >= 15 is 0 Å². The number of anilines is 1. The minimum Gasteiger partial charge on any atom is -0.368 e. The van der Waals surface area contributed by atoms with Gasteiger partial charge in [0.1, 0.15) is 12.0 Å². The highest BCUT2D eigenvalue weighted by Crippen LogP contribution is 2.31. The Hall–Kier alpha value is -1.98. The van der Waals surface area contributed by atoms with E-state index in [1.54, 1.807) is 19.2 Å². The SMILES string of the molecule is CN=C(NCc1ccon1)N1CCN(c2cccc(C(F)(F)F)c2)CC1.I. The molecule has 0 amide bonds. The molecule has 27 heavy (non-hydrogen) atoms. The van der Waals surface area contributed by atoms with Crippen molar-refractivity contribution in [3.05, 3.63) is 47.9 Å². The molecule has 1 N–H and O–H groups in total. The Balaban J connectivity index is 0.00000261. The van der Waals surface area contributed by atoms with Crippen LogP contribution in [0.15, 0.2) is 46.1 Å². The van der Waals surface area contributed by atoms with E-state index in [2.05, 4.69) is 20.4 Å². The summed E-state index contributed by atoms with van der Waals surface area (Å²) in [5.41, 5.74) is 0.737. The van der Waals surface area contributed by atoms with Crippen LogP contribution in [0, 0.1) is 0 Å². The number of hydrogen-bond donors (Lipinski definition) is 1. The third kappa shape index (κ3) is 5.50. The Morgan fingerprint density at radius 1 is 1.22 bits per heavy atom. The van der Waals surface area contributed by atoms with Crippen molar-refractivity contribution in [2.24, 2.45) is 4.99 Å². The minimum absolute atomic E-state index is 0. The number of halogens is 4. The molecular weight excluding hydrogens is 474 g/mol. The number of hydrogen-bond acceptors (Lipinski definition) is 4. The molecule has 0 spiro atoms. The molecule has 6 nitrogen and oxygen atoms in total. The lowest BCUT2D eigenvalue weighted by Gasteiger charge is -2.37. The zero-order valence-corrected chi connectivity index (χ0v) is 17.1. The topological polar surface area (TPSA) is 56.9 Å². The summed E-state index contributed by atoms with van der Waals surface area (Å²) in [5, 5.41) is 7.05. The predicted octanol–water partition coefficient (Wildman–Crippen LogP) is 3.21. The summed E-state index contributed by atoms with van der Waals surface area (Å²) < 4.78 is 43.5. The molecule has 1 fully saturated rings. The first-order valence-corrected chi connectivity index (χ1v) is 8.24. The van der Waals surface area contributed by atoms with Crippen LogP contribution >= 0.6 is 24.0 Å². The van der Waals surface area contributed by atoms with Crippen molar-refractivity contribution in [3.8, 4) is 0 Å². The fraction of sp³-hybridized carbons (Fsp3) is 0.412. The van der Waals surface area contributed by atoms with E-state index in [9.17, 15) is 13.2 Å². The minimum atomic E-state index is -4.33. The standard InChI is InChI=1S/C17H20F3N5O.HI/c1-21-16(22-12-14-5-10-26-23-14)25-8-6-24(7-9-25)15-4-2-3-13(11-15)17(18,19)20;/h2-5,10-11H,6-9,12H2,1H3,(H,21,22);1H. The molecule has 3 rings (SSSR count). The van der Waals surface area contributed by atoms with Gasteiger partial charge in [0.15, 0.2) is 5.96 Å². The van der Waals surface area contributed by atoms with Gasteiger partial charge >= 0.3 is 6.18 Å². The van der Waals surface area contributed by atoms with Crippen LogP contribution in [0.5, 0.6) is 0 Å². The van der Waals surface area contributed by atoms with Crippen LogP contribution in [-0.4, -0.2) is 49.2 Å². The molecule has 0 atom stereocenters. The molecule has 0 aliphatic carbocycles. The second kappa shape index (κ2) is 9.29. The Kier molecular flexibility index (Phi) is 7.33. The maximum atomic E-state index is 12.9. The van der Waals surface area contributed by atoms with Crippen LogP contribution in [-0.2, 0) is 12.7 Å². The van der Waals surface area contributed by atoms with Gasteiger partial charge in [-0.1, -0.05) is 11.2 Å². The van der Waals surface area contributed by atoms with Crippen LogP contribution in [0.25, 0.3) is 0 Å². The molecule has 2 aromatic rings. The molecule has 1 aromatic heterocycles. The van der Waals surface area contributed by atoms with E-state index in [1.807, 2.05) is 4.90 Å². The van der Waals surface area contributed by atoms with Gasteiger partial charge in [0.2, 0.25) is 0 Å². The summed E-state index contributed by atoms with van der Waals surface area (Å²) in [6, 6.07) is 7.22. The number of benzene rings is 1. The number of nitrogens with zero attached hydrogens (tertiary/aromatic N) is 4. The van der Waals surface area contributed by atoms with Gasteiger partial charge in [0.25, 0.3) is 0 Å². The van der Waals surface area contributed by atoms with Crippen molar-refractivity contribution >= 4 is 35.6 Å². The van der Waals surface area contributed by atoms with E-state index in [4.69, 9.17) is 4.52 Å². The normalized spacial score (nSPS) is 15.5. The molecule has 2 heterocycles. The van der Waals surface area contributed by atoms with Gasteiger partial charge in [0, 0.05) is 45.0 Å². The van der Waals surface area contributed by atoms with Crippen LogP contribution in [0.3, 0.4) is 0 Å². The molecule has 1 aliphatic heterocycles. The third-order valence-corrected chi connectivity index (χ3v) is 4.25. The number of piperazine rings is 1. The van der Waals surface area contributed by atoms with Crippen LogP contribution in [0.1, 0.15) is 11.3 Å². The zero-order valence-electron chi connectivity index (χ0n) is 14.7. The molecule has 0 saturated carbocycles. The zero-order chi connectivity index (χ0) is 18.6. The van der Waals surface area contributed by atoms with E-state index in [0.717, 1.165) is 17.7 Å². The number of aromatic nitrogens is 1. The van der Waals surface area contributed by atoms with Crippen molar-refractivity contribution in [1.29, 1.82) is 0 Å². The highest BCUT2D eigenvalue weighted by molar-refractivity contribution is 14.0. The Labute approximate surface area is 172 Å². The van der Waals surface area contributed by atoms with Gasteiger partial charge < -0.3 is 19.6 Å². The first-order valence-electron chi connectivity index (χ1n) is 8.24. The van der Waals surface area contributed by atoms with Gasteiger partial charge in [-0.05, 0) is 18.2 Å². The van der Waals surface area contributed by atoms with E-state index in [0.29, 0.717) is 38.4 Å². The summed E-state index contributed by atoms with van der Waals surface area (Å²) in [7, 11) is 1.70. The molecule has 0 bridgehead atoms. The molecule has 0 radical (unpaired) electrons. The quantitative estimate of drug-likeness (QED) is 0.403. The van der Waals surface area contributed by atoms with E-state index < -0.39 is 11.7 Å². The maximum Gasteiger partial charge on any atom is 0.416 e. The van der Waals surface area contributed by atoms with Crippen molar-refractivity contribution in [2.75, 3.05) is 38.1 Å². The van der Waals surface area contributed by atoms with Gasteiger partial charge in [-0.3, -0.25) is 4.99 Å². The first kappa shape index (κ1) is 21.3. The fourth-order valence-electron chi connectivity index (χ4n) is 2.89. The highest BCUT2D eigenvalue weighted by atomic mass is 127. The second-order valence-electron chi connectivity index (χ2n) is 5.91. The largest absolute Gasteiger partial charge is 0.416 e. The Morgan fingerprint density at radius 3 is 2.56 bits per heavy atom. The molecule has 148 valence electrons. The molecule has 1 aliphatic rings. The molecule has 10 heteroatoms. The number of nitrogens with one attached hydrogen (secondary N) is 1. The van der Waals surface area contributed by atoms with Crippen molar-refractivity contribution < 1.29 is 17.7 Å². The van der Waals surface area contributed by atoms with Gasteiger partial charge in [-0.2, -0.15) is 13.2 Å². The number of alkyl halides is 3. The van der Waals surface area contributed by atoms with Gasteiger partial charge in [0.05, 0.1) is 12.1 Å². The number of rotatable bonds is 3. The second-order valence-corrected chi connectivity index (χ2v) is 5.91. The van der Waals surface area contributed by atoms with Crippen molar-refractivity contribution in [3.63, 3.8) is 0 Å². The van der Waals surface area contributed by atoms with E-state index in [-0.39, 0.29) is 24.0 Å². The van der Waals surface area contributed by atoms with Crippen LogP contribution < -0.4 is 10.2 Å². The van der Waals surface area contributed by atoms with Gasteiger partial charge in [-0.25, -0.2) is 0 Å². The Morgan fingerprint density at radius 2 is 1.96 bits per heavy atom. The lowest BCUT2D eigenvalue weighted by Crippen LogP contribution is -2.52. The summed E-state index contributed by atoms with van der Waals surface area (Å²) in [5.74, 6) is 0.733. The predicted molar refractivity (Wildman–Crippen MR) is 107 cm³/mol. The monoisotopic (exact) mass is 495 g/mol. The first-order chi connectivity index (χ1) is 12.5. The highest BCUT2D eigenvalue weighted by Gasteiger charge is 2.31. The number of aliphatic imine (C=N–C) groups is 1. The molecule has 0 unspecified atom stereocenters. The van der Waals surface area contributed by atoms with Crippen molar-refractivity contribution in [2.45, 2.75) is 12.7 Å². The summed E-state index contributed by atoms with van der Waals surface area (Å²) in [6.07, 6.45) is -2.82.